The Balaban J connectivity index is 2.58. The second-order valence-electron chi connectivity index (χ2n) is 5.86. The lowest BCUT2D eigenvalue weighted by molar-refractivity contribution is -0.143. The second kappa shape index (κ2) is 8.05. The van der Waals surface area contributed by atoms with Crippen LogP contribution < -0.4 is 5.32 Å². The van der Waals surface area contributed by atoms with Crippen molar-refractivity contribution in [3.63, 3.8) is 0 Å². The molecule has 1 heterocycles. The van der Waals surface area contributed by atoms with E-state index < -0.39 is 12.0 Å². The molecule has 0 saturated heterocycles. The lowest BCUT2D eigenvalue weighted by atomic mass is 9.98. The van der Waals surface area contributed by atoms with E-state index in [9.17, 15) is 9.59 Å². The molecule has 0 fully saturated rings. The van der Waals surface area contributed by atoms with Crippen LogP contribution in [0.1, 0.15) is 31.5 Å². The summed E-state index contributed by atoms with van der Waals surface area (Å²) in [5, 5.41) is 14.3. The maximum Gasteiger partial charge on any atom is 0.328 e. The van der Waals surface area contributed by atoms with E-state index in [4.69, 9.17) is 9.84 Å². The van der Waals surface area contributed by atoms with E-state index in [2.05, 4.69) is 16.9 Å². The Labute approximate surface area is 134 Å². The molecule has 1 amide bonds. The van der Waals surface area contributed by atoms with Crippen LogP contribution in [0.4, 0.5) is 0 Å². The highest BCUT2D eigenvalue weighted by Gasteiger charge is 2.22. The summed E-state index contributed by atoms with van der Waals surface area (Å²) in [6, 6.07) is -1.08. The third-order valence-electron chi connectivity index (χ3n) is 2.69. The number of carbonyl (C=O) groups is 2. The van der Waals surface area contributed by atoms with Crippen LogP contribution in [0.15, 0.2) is 18.0 Å². The molecule has 1 rings (SSSR count). The summed E-state index contributed by atoms with van der Waals surface area (Å²) in [4.78, 5) is 27.4. The summed E-state index contributed by atoms with van der Waals surface area (Å²) in [5.41, 5.74) is 0.574. The Morgan fingerprint density at radius 1 is 1.55 bits per heavy atom. The number of nitrogens with one attached hydrogen (secondary N) is 1. The van der Waals surface area contributed by atoms with Gasteiger partial charge in [-0.05, 0) is 0 Å². The summed E-state index contributed by atoms with van der Waals surface area (Å²) in [5.74, 6) is -1.52. The van der Waals surface area contributed by atoms with E-state index in [0.717, 1.165) is 5.01 Å². The largest absolute Gasteiger partial charge is 0.480 e. The van der Waals surface area contributed by atoms with Gasteiger partial charge in [-0.25, -0.2) is 9.78 Å². The standard InChI is InChI=1S/C15H22N2O4S/c1-5-6-21-8-11(13(19)20)17-12(18)7-10-9-22-14(16-10)15(2,3)4/h5,9,11H,1,6-8H2,2-4H3,(H,17,18)(H,19,20). The van der Waals surface area contributed by atoms with Crippen molar-refractivity contribution in [1.29, 1.82) is 0 Å². The summed E-state index contributed by atoms with van der Waals surface area (Å²) in [6.45, 7) is 9.76. The smallest absolute Gasteiger partial charge is 0.328 e. The summed E-state index contributed by atoms with van der Waals surface area (Å²) in [7, 11) is 0. The Morgan fingerprint density at radius 2 is 2.23 bits per heavy atom. The van der Waals surface area contributed by atoms with Gasteiger partial charge in [0.05, 0.1) is 30.3 Å². The highest BCUT2D eigenvalue weighted by Crippen LogP contribution is 2.25. The molecule has 1 aromatic heterocycles. The van der Waals surface area contributed by atoms with Crippen LogP contribution in [0.25, 0.3) is 0 Å². The normalized spacial score (nSPS) is 12.7. The average Bonchev–Trinajstić information content (AvgIpc) is 2.86. The van der Waals surface area contributed by atoms with E-state index in [-0.39, 0.29) is 31.0 Å². The minimum Gasteiger partial charge on any atom is -0.480 e. The first kappa shape index (κ1) is 18.3. The van der Waals surface area contributed by atoms with Crippen molar-refractivity contribution in [2.24, 2.45) is 0 Å². The van der Waals surface area contributed by atoms with Crippen LogP contribution in [-0.4, -0.2) is 41.2 Å². The minimum absolute atomic E-state index is 0.0534. The van der Waals surface area contributed by atoms with Gasteiger partial charge in [-0.2, -0.15) is 0 Å². The van der Waals surface area contributed by atoms with Gasteiger partial charge in [0.15, 0.2) is 6.04 Å². The Bertz CT molecular complexity index is 534. The third kappa shape index (κ3) is 5.95. The number of aliphatic carboxylic acids is 1. The summed E-state index contributed by atoms with van der Waals surface area (Å²) in [6.07, 6.45) is 1.57. The number of carbonyl (C=O) groups excluding carboxylic acids is 1. The number of nitrogens with zero attached hydrogens (tertiary/aromatic N) is 1. The van der Waals surface area contributed by atoms with E-state index in [0.29, 0.717) is 5.69 Å². The monoisotopic (exact) mass is 326 g/mol. The molecule has 0 aliphatic heterocycles. The average molecular weight is 326 g/mol. The van der Waals surface area contributed by atoms with Gasteiger partial charge in [-0.3, -0.25) is 4.79 Å². The molecule has 0 aliphatic carbocycles. The Hall–Kier alpha value is -1.73. The number of ether oxygens (including phenoxy) is 1. The second-order valence-corrected chi connectivity index (χ2v) is 6.71. The fourth-order valence-electron chi connectivity index (χ4n) is 1.59. The zero-order valence-electron chi connectivity index (χ0n) is 13.1. The highest BCUT2D eigenvalue weighted by atomic mass is 32.1. The number of carboxylic acids is 1. The number of rotatable bonds is 8. The lowest BCUT2D eigenvalue weighted by Gasteiger charge is -2.14. The molecule has 1 atom stereocenters. The van der Waals surface area contributed by atoms with Crippen molar-refractivity contribution >= 4 is 23.2 Å². The molecule has 122 valence electrons. The fourth-order valence-corrected chi connectivity index (χ4v) is 2.49. The van der Waals surface area contributed by atoms with Gasteiger partial charge in [0.2, 0.25) is 5.91 Å². The molecule has 0 spiro atoms. The van der Waals surface area contributed by atoms with Crippen LogP contribution in [-0.2, 0) is 26.2 Å². The zero-order valence-corrected chi connectivity index (χ0v) is 13.9. The molecular formula is C15H22N2O4S. The van der Waals surface area contributed by atoms with E-state index in [1.165, 1.54) is 17.4 Å². The first-order chi connectivity index (χ1) is 10.2. The first-order valence-corrected chi connectivity index (χ1v) is 7.77. The van der Waals surface area contributed by atoms with Gasteiger partial charge in [-0.1, -0.05) is 26.8 Å². The van der Waals surface area contributed by atoms with Crippen molar-refractivity contribution in [2.45, 2.75) is 38.6 Å². The van der Waals surface area contributed by atoms with Crippen LogP contribution in [0.5, 0.6) is 0 Å². The molecule has 2 N–H and O–H groups in total. The molecular weight excluding hydrogens is 304 g/mol. The van der Waals surface area contributed by atoms with Crippen molar-refractivity contribution < 1.29 is 19.4 Å². The summed E-state index contributed by atoms with van der Waals surface area (Å²) < 4.78 is 5.08. The predicted octanol–water partition coefficient (Wildman–Crippen LogP) is 1.76. The maximum atomic E-state index is 11.9. The number of amides is 1. The van der Waals surface area contributed by atoms with Crippen molar-refractivity contribution in [2.75, 3.05) is 13.2 Å². The Morgan fingerprint density at radius 3 is 2.73 bits per heavy atom. The van der Waals surface area contributed by atoms with E-state index in [1.54, 1.807) is 0 Å². The van der Waals surface area contributed by atoms with E-state index in [1.807, 2.05) is 26.2 Å². The molecule has 7 heteroatoms. The molecule has 0 radical (unpaired) electrons. The molecule has 1 unspecified atom stereocenters. The fraction of sp³-hybridized carbons (Fsp3) is 0.533. The van der Waals surface area contributed by atoms with Gasteiger partial charge in [0.25, 0.3) is 0 Å². The van der Waals surface area contributed by atoms with E-state index >= 15 is 0 Å². The van der Waals surface area contributed by atoms with Crippen molar-refractivity contribution in [3.05, 3.63) is 28.7 Å². The quantitative estimate of drug-likeness (QED) is 0.561. The number of hydrogen-bond acceptors (Lipinski definition) is 5. The van der Waals surface area contributed by atoms with Crippen LogP contribution >= 0.6 is 11.3 Å². The zero-order chi connectivity index (χ0) is 16.8. The van der Waals surface area contributed by atoms with Gasteiger partial charge in [0.1, 0.15) is 0 Å². The van der Waals surface area contributed by atoms with Crippen LogP contribution in [0.3, 0.4) is 0 Å². The van der Waals surface area contributed by atoms with Crippen LogP contribution in [0, 0.1) is 0 Å². The van der Waals surface area contributed by atoms with Gasteiger partial charge in [-0.15, -0.1) is 17.9 Å². The van der Waals surface area contributed by atoms with Crippen LogP contribution in [0.2, 0.25) is 0 Å². The maximum absolute atomic E-state index is 11.9. The van der Waals surface area contributed by atoms with Gasteiger partial charge < -0.3 is 15.2 Å². The Kier molecular flexibility index (Phi) is 6.70. The minimum atomic E-state index is -1.13. The molecule has 0 aliphatic rings. The molecule has 1 aromatic rings. The lowest BCUT2D eigenvalue weighted by Crippen LogP contribution is -2.44. The first-order valence-electron chi connectivity index (χ1n) is 6.89. The molecule has 0 bridgehead atoms. The SMILES string of the molecule is C=CCOCC(NC(=O)Cc1csc(C(C)(C)C)n1)C(=O)O. The topological polar surface area (TPSA) is 88.5 Å². The summed E-state index contributed by atoms with van der Waals surface area (Å²) >= 11 is 1.50. The highest BCUT2D eigenvalue weighted by molar-refractivity contribution is 7.09. The van der Waals surface area contributed by atoms with Gasteiger partial charge in [0, 0.05) is 10.8 Å². The van der Waals surface area contributed by atoms with Crippen molar-refractivity contribution in [1.82, 2.24) is 10.3 Å². The number of aromatic nitrogens is 1. The van der Waals surface area contributed by atoms with Crippen molar-refractivity contribution in [3.8, 4) is 0 Å². The van der Waals surface area contributed by atoms with Gasteiger partial charge >= 0.3 is 5.97 Å². The molecule has 0 saturated carbocycles. The number of thiazole rings is 1. The molecule has 6 nitrogen and oxygen atoms in total. The number of carboxylic acid groups (broad SMARTS) is 1. The molecule has 22 heavy (non-hydrogen) atoms. The third-order valence-corrected chi connectivity index (χ3v) is 4.01. The number of hydrogen-bond donors (Lipinski definition) is 2. The molecule has 0 aromatic carbocycles. The predicted molar refractivity (Wildman–Crippen MR) is 85.1 cm³/mol.